The SMILES string of the molecule is CC(C)Oc1ccc(C(=O)N(C)c2ccccc2C(=O)NCCc2ccccc2)cc1. The first-order valence-corrected chi connectivity index (χ1v) is 10.4. The van der Waals surface area contributed by atoms with E-state index in [-0.39, 0.29) is 17.9 Å². The molecular weight excluding hydrogens is 388 g/mol. The third-order valence-corrected chi connectivity index (χ3v) is 4.83. The Hall–Kier alpha value is -3.60. The van der Waals surface area contributed by atoms with E-state index in [1.165, 1.54) is 4.90 Å². The molecule has 0 saturated carbocycles. The Balaban J connectivity index is 1.69. The summed E-state index contributed by atoms with van der Waals surface area (Å²) in [6, 6.07) is 24.2. The highest BCUT2D eigenvalue weighted by molar-refractivity contribution is 6.10. The lowest BCUT2D eigenvalue weighted by molar-refractivity contribution is 0.0954. The molecule has 0 unspecified atom stereocenters. The van der Waals surface area contributed by atoms with E-state index in [9.17, 15) is 9.59 Å². The quantitative estimate of drug-likeness (QED) is 0.578. The van der Waals surface area contributed by atoms with Gasteiger partial charge in [-0.3, -0.25) is 9.59 Å². The summed E-state index contributed by atoms with van der Waals surface area (Å²) in [6.07, 6.45) is 0.811. The van der Waals surface area contributed by atoms with Gasteiger partial charge >= 0.3 is 0 Å². The van der Waals surface area contributed by atoms with Crippen LogP contribution in [-0.4, -0.2) is 31.5 Å². The third kappa shape index (κ3) is 5.95. The molecule has 0 saturated heterocycles. The summed E-state index contributed by atoms with van der Waals surface area (Å²) in [5, 5.41) is 2.95. The molecule has 160 valence electrons. The summed E-state index contributed by atoms with van der Waals surface area (Å²) in [4.78, 5) is 27.3. The van der Waals surface area contributed by atoms with Crippen LogP contribution in [0.3, 0.4) is 0 Å². The Labute approximate surface area is 183 Å². The van der Waals surface area contributed by atoms with Crippen molar-refractivity contribution < 1.29 is 14.3 Å². The lowest BCUT2D eigenvalue weighted by Crippen LogP contribution is -2.31. The average molecular weight is 417 g/mol. The van der Waals surface area contributed by atoms with E-state index in [0.717, 1.165) is 12.0 Å². The number of amides is 2. The topological polar surface area (TPSA) is 58.6 Å². The third-order valence-electron chi connectivity index (χ3n) is 4.83. The number of anilines is 1. The summed E-state index contributed by atoms with van der Waals surface area (Å²) >= 11 is 0. The number of benzene rings is 3. The highest BCUT2D eigenvalue weighted by atomic mass is 16.5. The fourth-order valence-corrected chi connectivity index (χ4v) is 3.27. The maximum absolute atomic E-state index is 13.0. The Bertz CT molecular complexity index is 1010. The second-order valence-electron chi connectivity index (χ2n) is 7.56. The fraction of sp³-hybridized carbons (Fsp3) is 0.231. The van der Waals surface area contributed by atoms with Gasteiger partial charge in [0, 0.05) is 19.2 Å². The first-order chi connectivity index (χ1) is 15.0. The van der Waals surface area contributed by atoms with E-state index in [0.29, 0.717) is 29.1 Å². The highest BCUT2D eigenvalue weighted by Gasteiger charge is 2.19. The van der Waals surface area contributed by atoms with Gasteiger partial charge in [0.15, 0.2) is 0 Å². The van der Waals surface area contributed by atoms with E-state index < -0.39 is 0 Å². The maximum Gasteiger partial charge on any atom is 0.258 e. The van der Waals surface area contributed by atoms with E-state index >= 15 is 0 Å². The number of nitrogens with one attached hydrogen (secondary N) is 1. The molecule has 0 aliphatic heterocycles. The molecule has 0 aliphatic carbocycles. The van der Waals surface area contributed by atoms with Gasteiger partial charge in [0.25, 0.3) is 11.8 Å². The standard InChI is InChI=1S/C26H28N2O3/c1-19(2)31-22-15-13-21(14-16-22)26(30)28(3)24-12-8-7-11-23(24)25(29)27-18-17-20-9-5-4-6-10-20/h4-16,19H,17-18H2,1-3H3,(H,27,29). The van der Waals surface area contributed by atoms with Gasteiger partial charge in [-0.1, -0.05) is 42.5 Å². The number of ether oxygens (including phenoxy) is 1. The Morgan fingerprint density at radius 1 is 0.903 bits per heavy atom. The van der Waals surface area contributed by atoms with E-state index in [4.69, 9.17) is 4.74 Å². The van der Waals surface area contributed by atoms with E-state index in [1.807, 2.05) is 50.2 Å². The van der Waals surface area contributed by atoms with Gasteiger partial charge in [0.05, 0.1) is 17.4 Å². The number of rotatable bonds is 8. The molecule has 0 fully saturated rings. The molecule has 0 atom stereocenters. The van der Waals surface area contributed by atoms with Crippen LogP contribution in [0.4, 0.5) is 5.69 Å². The molecule has 0 aromatic heterocycles. The van der Waals surface area contributed by atoms with Crippen molar-refractivity contribution in [3.05, 3.63) is 95.6 Å². The molecule has 3 rings (SSSR count). The van der Waals surface area contributed by atoms with Crippen molar-refractivity contribution in [2.45, 2.75) is 26.4 Å². The molecular formula is C26H28N2O3. The number of carbonyl (C=O) groups is 2. The fourth-order valence-electron chi connectivity index (χ4n) is 3.27. The molecule has 1 N–H and O–H groups in total. The van der Waals surface area contributed by atoms with E-state index in [1.54, 1.807) is 49.5 Å². The largest absolute Gasteiger partial charge is 0.491 e. The van der Waals surface area contributed by atoms with Crippen LogP contribution in [-0.2, 0) is 6.42 Å². The number of para-hydroxylation sites is 1. The number of hydrogen-bond donors (Lipinski definition) is 1. The molecule has 0 radical (unpaired) electrons. The van der Waals surface area contributed by atoms with Crippen molar-refractivity contribution in [2.24, 2.45) is 0 Å². The van der Waals surface area contributed by atoms with Crippen LogP contribution >= 0.6 is 0 Å². The monoisotopic (exact) mass is 416 g/mol. The number of nitrogens with zero attached hydrogens (tertiary/aromatic N) is 1. The summed E-state index contributed by atoms with van der Waals surface area (Å²) in [5.41, 5.74) is 2.71. The van der Waals surface area contributed by atoms with Crippen LogP contribution in [0.1, 0.15) is 40.1 Å². The van der Waals surface area contributed by atoms with Crippen molar-refractivity contribution >= 4 is 17.5 Å². The van der Waals surface area contributed by atoms with Crippen LogP contribution in [0.15, 0.2) is 78.9 Å². The minimum atomic E-state index is -0.202. The zero-order valence-corrected chi connectivity index (χ0v) is 18.2. The van der Waals surface area contributed by atoms with Crippen LogP contribution in [0.25, 0.3) is 0 Å². The smallest absolute Gasteiger partial charge is 0.258 e. The minimum absolute atomic E-state index is 0.0662. The van der Waals surface area contributed by atoms with Gasteiger partial charge in [-0.2, -0.15) is 0 Å². The van der Waals surface area contributed by atoms with Gasteiger partial charge < -0.3 is 15.0 Å². The molecule has 0 spiro atoms. The summed E-state index contributed by atoms with van der Waals surface area (Å²) in [7, 11) is 1.68. The molecule has 0 aliphatic rings. The van der Waals surface area contributed by atoms with Gasteiger partial charge in [-0.15, -0.1) is 0 Å². The molecule has 5 nitrogen and oxygen atoms in total. The molecule has 2 amide bonds. The van der Waals surface area contributed by atoms with Crippen molar-refractivity contribution in [3.63, 3.8) is 0 Å². The maximum atomic E-state index is 13.0. The molecule has 3 aromatic carbocycles. The molecule has 5 heteroatoms. The zero-order chi connectivity index (χ0) is 22.2. The van der Waals surface area contributed by atoms with Gasteiger partial charge in [0.2, 0.25) is 0 Å². The first-order valence-electron chi connectivity index (χ1n) is 10.4. The van der Waals surface area contributed by atoms with Crippen molar-refractivity contribution in [2.75, 3.05) is 18.5 Å². The normalized spacial score (nSPS) is 10.6. The Morgan fingerprint density at radius 3 is 2.23 bits per heavy atom. The Kier molecular flexibility index (Phi) is 7.44. The van der Waals surface area contributed by atoms with E-state index in [2.05, 4.69) is 5.32 Å². The number of hydrogen-bond acceptors (Lipinski definition) is 3. The Morgan fingerprint density at radius 2 is 1.55 bits per heavy atom. The summed E-state index contributed by atoms with van der Waals surface area (Å²) in [5.74, 6) is 0.319. The molecule has 0 heterocycles. The van der Waals surface area contributed by atoms with Crippen LogP contribution in [0.2, 0.25) is 0 Å². The van der Waals surface area contributed by atoms with Gasteiger partial charge in [-0.25, -0.2) is 0 Å². The highest BCUT2D eigenvalue weighted by Crippen LogP contribution is 2.22. The van der Waals surface area contributed by atoms with Crippen LogP contribution in [0, 0.1) is 0 Å². The lowest BCUT2D eigenvalue weighted by atomic mass is 10.1. The lowest BCUT2D eigenvalue weighted by Gasteiger charge is -2.21. The van der Waals surface area contributed by atoms with Crippen molar-refractivity contribution in [1.82, 2.24) is 5.32 Å². The first kappa shape index (κ1) is 22.1. The zero-order valence-electron chi connectivity index (χ0n) is 18.2. The summed E-state index contributed by atoms with van der Waals surface area (Å²) < 4.78 is 5.64. The van der Waals surface area contributed by atoms with Crippen molar-refractivity contribution in [3.8, 4) is 5.75 Å². The molecule has 31 heavy (non-hydrogen) atoms. The molecule has 0 bridgehead atoms. The van der Waals surface area contributed by atoms with Crippen molar-refractivity contribution in [1.29, 1.82) is 0 Å². The van der Waals surface area contributed by atoms with Crippen LogP contribution in [0.5, 0.6) is 5.75 Å². The second kappa shape index (κ2) is 10.4. The summed E-state index contributed by atoms with van der Waals surface area (Å²) in [6.45, 7) is 4.43. The average Bonchev–Trinajstić information content (AvgIpc) is 2.79. The second-order valence-corrected chi connectivity index (χ2v) is 7.56. The minimum Gasteiger partial charge on any atom is -0.491 e. The molecule has 3 aromatic rings. The van der Waals surface area contributed by atoms with Crippen LogP contribution < -0.4 is 15.0 Å². The predicted octanol–water partition coefficient (Wildman–Crippen LogP) is 4.72. The number of carbonyl (C=O) groups excluding carboxylic acids is 2. The van der Waals surface area contributed by atoms with Gasteiger partial charge in [-0.05, 0) is 62.2 Å². The van der Waals surface area contributed by atoms with Gasteiger partial charge in [0.1, 0.15) is 5.75 Å². The predicted molar refractivity (Wildman–Crippen MR) is 124 cm³/mol.